The summed E-state index contributed by atoms with van der Waals surface area (Å²) in [4.78, 5) is 0. The first-order valence-electron chi connectivity index (χ1n) is 5.98. The highest BCUT2D eigenvalue weighted by molar-refractivity contribution is 14.1. The normalized spacial score (nSPS) is 27.8. The van der Waals surface area contributed by atoms with Crippen molar-refractivity contribution >= 4 is 22.6 Å². The fourth-order valence-electron chi connectivity index (χ4n) is 2.27. The van der Waals surface area contributed by atoms with Crippen LogP contribution in [0, 0.1) is 5.92 Å². The van der Waals surface area contributed by atoms with Crippen molar-refractivity contribution in [2.45, 2.75) is 60.5 Å². The quantitative estimate of drug-likeness (QED) is 0.319. The summed E-state index contributed by atoms with van der Waals surface area (Å²) in [5.41, 5.74) is 0. The van der Waals surface area contributed by atoms with Crippen molar-refractivity contribution in [3.63, 3.8) is 0 Å². The predicted octanol–water partition coefficient (Wildman–Crippen LogP) is 5.59. The van der Waals surface area contributed by atoms with Crippen molar-refractivity contribution in [3.05, 3.63) is 0 Å². The molecule has 0 radical (unpaired) electrons. The third-order valence-electron chi connectivity index (χ3n) is 3.42. The summed E-state index contributed by atoms with van der Waals surface area (Å²) in [6.07, 6.45) is -4.05. The molecule has 0 nitrogen and oxygen atoms in total. The molecule has 0 spiro atoms. The number of hydrogen-bond donors (Lipinski definition) is 0. The average molecular weight is 406 g/mol. The maximum absolute atomic E-state index is 13.7. The molecule has 1 aliphatic carbocycles. The fourth-order valence-corrected chi connectivity index (χ4v) is 3.52. The van der Waals surface area contributed by atoms with Crippen molar-refractivity contribution < 1.29 is 30.7 Å². The van der Waals surface area contributed by atoms with Crippen LogP contribution in [-0.4, -0.2) is 21.9 Å². The largest absolute Gasteiger partial charge is 0.459 e. The molecule has 0 heterocycles. The Bertz CT molecular complexity index is 300. The first-order valence-corrected chi connectivity index (χ1v) is 7.23. The van der Waals surface area contributed by atoms with Gasteiger partial charge in [0.1, 0.15) is 0 Å². The lowest BCUT2D eigenvalue weighted by Gasteiger charge is -2.37. The van der Waals surface area contributed by atoms with Crippen LogP contribution in [0.5, 0.6) is 0 Å². The monoisotopic (exact) mass is 406 g/mol. The Balaban J connectivity index is 3.01. The molecule has 0 aromatic carbocycles. The Labute approximate surface area is 120 Å². The maximum Gasteiger partial charge on any atom is 0.459 e. The van der Waals surface area contributed by atoms with Gasteiger partial charge in [0.25, 0.3) is 0 Å². The number of halogens is 8. The maximum atomic E-state index is 13.7. The van der Waals surface area contributed by atoms with Crippen molar-refractivity contribution in [1.29, 1.82) is 0 Å². The minimum absolute atomic E-state index is 0.245. The third kappa shape index (κ3) is 3.47. The van der Waals surface area contributed by atoms with E-state index in [1.54, 1.807) is 22.6 Å². The first-order chi connectivity index (χ1) is 8.52. The van der Waals surface area contributed by atoms with Crippen LogP contribution in [0.25, 0.3) is 0 Å². The van der Waals surface area contributed by atoms with Crippen molar-refractivity contribution in [3.8, 4) is 0 Å². The lowest BCUT2D eigenvalue weighted by atomic mass is 9.84. The van der Waals surface area contributed by atoms with E-state index >= 15 is 0 Å². The highest BCUT2D eigenvalue weighted by Crippen LogP contribution is 2.53. The van der Waals surface area contributed by atoms with Crippen LogP contribution in [0.1, 0.15) is 38.5 Å². The van der Waals surface area contributed by atoms with Crippen LogP contribution in [0.4, 0.5) is 30.7 Å². The van der Waals surface area contributed by atoms with Gasteiger partial charge in [0, 0.05) is 9.84 Å². The number of rotatable bonds is 2. The van der Waals surface area contributed by atoms with Crippen LogP contribution < -0.4 is 0 Å². The van der Waals surface area contributed by atoms with Gasteiger partial charge in [-0.05, 0) is 12.8 Å². The second kappa shape index (κ2) is 5.93. The van der Waals surface area contributed by atoms with E-state index in [-0.39, 0.29) is 19.3 Å². The lowest BCUT2D eigenvalue weighted by Crippen LogP contribution is -2.57. The van der Waals surface area contributed by atoms with Crippen LogP contribution in [0.3, 0.4) is 0 Å². The smallest absolute Gasteiger partial charge is 0.199 e. The SMILES string of the molecule is FC(F)(F)C(F)(F)C(F)(F)C1CCCCCCC1I. The van der Waals surface area contributed by atoms with E-state index < -0.39 is 27.9 Å². The highest BCUT2D eigenvalue weighted by atomic mass is 127. The molecule has 0 aromatic rings. The van der Waals surface area contributed by atoms with Crippen LogP contribution in [-0.2, 0) is 0 Å². The Kier molecular flexibility index (Phi) is 5.40. The van der Waals surface area contributed by atoms with Crippen molar-refractivity contribution in [2.24, 2.45) is 5.92 Å². The van der Waals surface area contributed by atoms with Gasteiger partial charge in [0.2, 0.25) is 0 Å². The summed E-state index contributed by atoms with van der Waals surface area (Å²) >= 11 is 1.57. The molecule has 2 atom stereocenters. The molecular weight excluding hydrogens is 392 g/mol. The molecule has 1 fully saturated rings. The molecule has 114 valence electrons. The van der Waals surface area contributed by atoms with Gasteiger partial charge in [0.15, 0.2) is 0 Å². The topological polar surface area (TPSA) is 0 Å². The Hall–Kier alpha value is 0.240. The molecule has 8 heteroatoms. The summed E-state index contributed by atoms with van der Waals surface area (Å²) in [5.74, 6) is -13.0. The molecule has 0 bridgehead atoms. The molecule has 0 saturated heterocycles. The zero-order valence-corrected chi connectivity index (χ0v) is 12.1. The molecule has 0 N–H and O–H groups in total. The molecule has 0 aliphatic heterocycles. The fraction of sp³-hybridized carbons (Fsp3) is 1.00. The van der Waals surface area contributed by atoms with Gasteiger partial charge in [0.05, 0.1) is 0 Å². The van der Waals surface area contributed by atoms with Gasteiger partial charge in [-0.2, -0.15) is 30.7 Å². The van der Waals surface area contributed by atoms with Gasteiger partial charge < -0.3 is 0 Å². The molecule has 1 rings (SSSR count). The van der Waals surface area contributed by atoms with Crippen molar-refractivity contribution in [2.75, 3.05) is 0 Å². The highest BCUT2D eigenvalue weighted by Gasteiger charge is 2.75. The number of alkyl halides is 8. The Morgan fingerprint density at radius 3 is 1.68 bits per heavy atom. The molecular formula is C11H14F7I. The van der Waals surface area contributed by atoms with E-state index in [0.29, 0.717) is 12.8 Å². The summed E-state index contributed by atoms with van der Waals surface area (Å²) in [7, 11) is 0. The van der Waals surface area contributed by atoms with Crippen LogP contribution in [0.2, 0.25) is 0 Å². The molecule has 0 amide bonds. The first kappa shape index (κ1) is 17.3. The molecule has 1 saturated carbocycles. The zero-order chi connectivity index (χ0) is 14.9. The van der Waals surface area contributed by atoms with Gasteiger partial charge >= 0.3 is 18.0 Å². The van der Waals surface area contributed by atoms with Crippen LogP contribution in [0.15, 0.2) is 0 Å². The minimum Gasteiger partial charge on any atom is -0.199 e. The van der Waals surface area contributed by atoms with E-state index in [4.69, 9.17) is 0 Å². The van der Waals surface area contributed by atoms with Gasteiger partial charge in [-0.15, -0.1) is 0 Å². The molecule has 2 unspecified atom stereocenters. The van der Waals surface area contributed by atoms with E-state index in [0.717, 1.165) is 6.42 Å². The van der Waals surface area contributed by atoms with E-state index in [9.17, 15) is 30.7 Å². The van der Waals surface area contributed by atoms with E-state index in [2.05, 4.69) is 0 Å². The predicted molar refractivity (Wildman–Crippen MR) is 64.9 cm³/mol. The van der Waals surface area contributed by atoms with Gasteiger partial charge in [-0.25, -0.2) is 0 Å². The van der Waals surface area contributed by atoms with E-state index in [1.807, 2.05) is 0 Å². The molecule has 1 aliphatic rings. The zero-order valence-electron chi connectivity index (χ0n) is 9.92. The Morgan fingerprint density at radius 2 is 1.21 bits per heavy atom. The van der Waals surface area contributed by atoms with Gasteiger partial charge in [-0.1, -0.05) is 48.3 Å². The molecule has 19 heavy (non-hydrogen) atoms. The Morgan fingerprint density at radius 1 is 0.737 bits per heavy atom. The van der Waals surface area contributed by atoms with E-state index in [1.165, 1.54) is 0 Å². The standard InChI is InChI=1S/C11H14F7I/c12-9(13,10(14,15)11(16,17)18)7-5-3-1-2-4-6-8(7)19/h7-8H,1-6H2. The summed E-state index contributed by atoms with van der Waals surface area (Å²) in [6, 6.07) is 0. The van der Waals surface area contributed by atoms with Crippen LogP contribution >= 0.6 is 22.6 Å². The summed E-state index contributed by atoms with van der Waals surface area (Å²) in [5, 5.41) is 0. The summed E-state index contributed by atoms with van der Waals surface area (Å²) in [6.45, 7) is 0. The molecule has 0 aromatic heterocycles. The second-order valence-corrected chi connectivity index (χ2v) is 6.41. The lowest BCUT2D eigenvalue weighted by molar-refractivity contribution is -0.366. The van der Waals surface area contributed by atoms with Crippen molar-refractivity contribution in [1.82, 2.24) is 0 Å². The van der Waals surface area contributed by atoms with Gasteiger partial charge in [-0.3, -0.25) is 0 Å². The minimum atomic E-state index is -6.23. The third-order valence-corrected chi connectivity index (χ3v) is 4.91. The average Bonchev–Trinajstić information content (AvgIpc) is 2.21. The summed E-state index contributed by atoms with van der Waals surface area (Å²) < 4.78 is 89.0. The number of hydrogen-bond acceptors (Lipinski definition) is 0. The second-order valence-electron chi connectivity index (χ2n) is 4.81.